The van der Waals surface area contributed by atoms with E-state index in [1.807, 2.05) is 9.47 Å². The number of hydrogen-bond acceptors (Lipinski definition) is 4. The number of ether oxygens (including phenoxy) is 3. The molecular weight excluding hydrogens is 577 g/mol. The number of carbonyl (C=O) groups is 1. The first kappa shape index (κ1) is 28.1. The van der Waals surface area contributed by atoms with Gasteiger partial charge in [-0.05, 0) is 0 Å². The van der Waals surface area contributed by atoms with Gasteiger partial charge in [0.2, 0.25) is 0 Å². The normalized spacial score (nSPS) is 18.8. The van der Waals surface area contributed by atoms with E-state index in [1.165, 1.54) is 0 Å². The molecule has 0 aromatic carbocycles. The van der Waals surface area contributed by atoms with Gasteiger partial charge in [0.05, 0.1) is 11.5 Å². The van der Waals surface area contributed by atoms with Crippen molar-refractivity contribution in [2.75, 3.05) is 11.5 Å². The van der Waals surface area contributed by atoms with Crippen LogP contribution in [0.5, 0.6) is 0 Å². The Kier molecular flexibility index (Phi) is 7.76. The van der Waals surface area contributed by atoms with Crippen LogP contribution in [0.25, 0.3) is 0 Å². The Labute approximate surface area is 163 Å². The van der Waals surface area contributed by atoms with Gasteiger partial charge in [-0.3, -0.25) is 9.47 Å². The predicted octanol–water partition coefficient (Wildman–Crippen LogP) is 4.90. The van der Waals surface area contributed by atoms with Gasteiger partial charge in [0.25, 0.3) is 0 Å². The summed E-state index contributed by atoms with van der Waals surface area (Å²) >= 11 is 0.393. The van der Waals surface area contributed by atoms with Crippen molar-refractivity contribution in [2.24, 2.45) is 0 Å². The minimum atomic E-state index is -7.52. The highest BCUT2D eigenvalue weighted by Crippen LogP contribution is 2.54. The maximum atomic E-state index is 13.8. The topological polar surface area (TPSA) is 44.8 Å². The molecule has 0 saturated heterocycles. The lowest BCUT2D eigenvalue weighted by atomic mass is 10.2. The van der Waals surface area contributed by atoms with E-state index in [0.29, 0.717) is 22.6 Å². The highest BCUT2D eigenvalue weighted by atomic mass is 127. The number of esters is 1. The highest BCUT2D eigenvalue weighted by Gasteiger charge is 2.83. The molecule has 4 nitrogen and oxygen atoms in total. The summed E-state index contributed by atoms with van der Waals surface area (Å²) < 4.78 is 187. The third kappa shape index (κ3) is 5.07. The molecule has 0 rings (SSSR count). The van der Waals surface area contributed by atoms with Gasteiger partial charge in [0.1, 0.15) is 0 Å². The Bertz CT molecular complexity index is 604. The van der Waals surface area contributed by atoms with Gasteiger partial charge < -0.3 is 4.74 Å². The monoisotopic (exact) mass is 582 g/mol. The Balaban J connectivity index is 6.53. The van der Waals surface area contributed by atoms with Crippen molar-refractivity contribution in [1.29, 1.82) is 0 Å². The summed E-state index contributed by atoms with van der Waals surface area (Å²) in [5.74, 6) is -23.3. The Morgan fingerprint density at radius 2 is 1.14 bits per heavy atom. The van der Waals surface area contributed by atoms with Crippen LogP contribution in [0.1, 0.15) is 0 Å². The van der Waals surface area contributed by atoms with Crippen molar-refractivity contribution in [3.63, 3.8) is 0 Å². The zero-order chi connectivity index (χ0) is 23.9. The van der Waals surface area contributed by atoms with Crippen LogP contribution in [0.15, 0.2) is 0 Å². The lowest BCUT2D eigenvalue weighted by Gasteiger charge is -2.39. The van der Waals surface area contributed by atoms with Crippen LogP contribution in [0, 0.1) is 0 Å². The largest absolute Gasteiger partial charge is 0.465 e. The van der Waals surface area contributed by atoms with Gasteiger partial charge in [-0.1, -0.05) is 22.6 Å². The third-order valence-corrected chi connectivity index (χ3v) is 3.64. The van der Waals surface area contributed by atoms with Crippen LogP contribution in [-0.4, -0.2) is 59.7 Å². The van der Waals surface area contributed by atoms with Crippen molar-refractivity contribution < 1.29 is 80.5 Å². The smallest absolute Gasteiger partial charge is 0.460 e. The fourth-order valence-electron chi connectivity index (χ4n) is 1.20. The highest BCUT2D eigenvalue weighted by molar-refractivity contribution is 14.1. The van der Waals surface area contributed by atoms with Crippen molar-refractivity contribution in [2.45, 2.75) is 42.2 Å². The Hall–Kier alpha value is -0.860. The van der Waals surface area contributed by atoms with E-state index in [2.05, 4.69) is 4.74 Å². The van der Waals surface area contributed by atoms with Crippen LogP contribution in [-0.2, 0) is 19.0 Å². The molecule has 0 heterocycles. The lowest BCUT2D eigenvalue weighted by Crippen LogP contribution is -2.67. The van der Waals surface area contributed by atoms with Gasteiger partial charge in [-0.15, -0.1) is 0 Å². The Morgan fingerprint density at radius 1 is 0.724 bits per heavy atom. The van der Waals surface area contributed by atoms with Gasteiger partial charge in [0, 0.05) is 0 Å². The number of carbonyl (C=O) groups excluding carboxylic acids is 1. The van der Waals surface area contributed by atoms with Crippen molar-refractivity contribution >= 4 is 28.6 Å². The molecule has 0 aromatic heterocycles. The Morgan fingerprint density at radius 3 is 1.41 bits per heavy atom. The zero-order valence-electron chi connectivity index (χ0n) is 13.0. The number of methoxy groups -OCH3 is 1. The molecule has 0 N–H and O–H groups in total. The van der Waals surface area contributed by atoms with Crippen molar-refractivity contribution in [1.82, 2.24) is 0 Å². The predicted molar refractivity (Wildman–Crippen MR) is 67.7 cm³/mol. The van der Waals surface area contributed by atoms with Gasteiger partial charge in [-0.25, -0.2) is 4.79 Å². The fraction of sp³-hybridized carbons (Fsp3) is 0.900. The lowest BCUT2D eigenvalue weighted by molar-refractivity contribution is -0.537. The van der Waals surface area contributed by atoms with E-state index in [4.69, 9.17) is 0 Å². The van der Waals surface area contributed by atoms with E-state index in [9.17, 15) is 66.3 Å². The summed E-state index contributed by atoms with van der Waals surface area (Å²) in [7, 11) is -0.109. The average molecular weight is 582 g/mol. The summed E-state index contributed by atoms with van der Waals surface area (Å²) in [4.78, 5) is 10.7. The second kappa shape index (κ2) is 8.00. The van der Waals surface area contributed by atoms with E-state index < -0.39 is 52.6 Å². The standard InChI is InChI=1S/C10H5F14IO4/c1-27-3(26)5(13,7(15,16)17)28-10(23,24)6(14,8(18,19)20)29-9(21,22)4(11,12)2-25/h2H2,1H3. The van der Waals surface area contributed by atoms with Crippen LogP contribution < -0.4 is 0 Å². The summed E-state index contributed by atoms with van der Waals surface area (Å²) in [6.07, 6.45) is -28.7. The molecule has 0 spiro atoms. The van der Waals surface area contributed by atoms with E-state index >= 15 is 0 Å². The fourth-order valence-corrected chi connectivity index (χ4v) is 1.64. The molecule has 2 unspecified atom stereocenters. The first-order chi connectivity index (χ1) is 12.5. The first-order valence-corrected chi connectivity index (χ1v) is 7.68. The zero-order valence-corrected chi connectivity index (χ0v) is 15.2. The maximum Gasteiger partial charge on any atom is 0.460 e. The third-order valence-electron chi connectivity index (χ3n) is 2.68. The molecule has 0 fully saturated rings. The van der Waals surface area contributed by atoms with Crippen LogP contribution in [0.3, 0.4) is 0 Å². The number of hydrogen-bond donors (Lipinski definition) is 0. The quantitative estimate of drug-likeness (QED) is 0.177. The molecule has 2 atom stereocenters. The summed E-state index contributed by atoms with van der Waals surface area (Å²) in [5, 5.41) is 0. The molecule has 0 aliphatic heterocycles. The van der Waals surface area contributed by atoms with Crippen molar-refractivity contribution in [3.8, 4) is 0 Å². The second-order valence-corrected chi connectivity index (χ2v) is 5.52. The molecule has 0 saturated carbocycles. The summed E-state index contributed by atoms with van der Waals surface area (Å²) in [6, 6.07) is 0. The minimum Gasteiger partial charge on any atom is -0.465 e. The molecule has 0 bridgehead atoms. The summed E-state index contributed by atoms with van der Waals surface area (Å²) in [5.41, 5.74) is 0. The maximum absolute atomic E-state index is 13.8. The minimum absolute atomic E-state index is 0.109. The van der Waals surface area contributed by atoms with E-state index in [0.717, 1.165) is 0 Å². The first-order valence-electron chi connectivity index (χ1n) is 6.15. The molecule has 0 aromatic rings. The molecule has 174 valence electrons. The van der Waals surface area contributed by atoms with E-state index in [-0.39, 0.29) is 7.11 Å². The number of alkyl halides is 15. The SMILES string of the molecule is COC(=O)C(F)(OC(F)(F)C(F)(OC(F)(F)C(F)(F)CI)C(F)(F)F)C(F)(F)F. The average Bonchev–Trinajstić information content (AvgIpc) is 2.50. The van der Waals surface area contributed by atoms with E-state index in [1.54, 1.807) is 0 Å². The van der Waals surface area contributed by atoms with Crippen LogP contribution in [0.2, 0.25) is 0 Å². The molecular formula is C10H5F14IO4. The molecule has 0 amide bonds. The second-order valence-electron chi connectivity index (χ2n) is 4.75. The molecule has 0 aliphatic rings. The molecule has 29 heavy (non-hydrogen) atoms. The molecule has 0 aliphatic carbocycles. The van der Waals surface area contributed by atoms with Gasteiger partial charge in [-0.2, -0.15) is 61.5 Å². The molecule has 0 radical (unpaired) electrons. The summed E-state index contributed by atoms with van der Waals surface area (Å²) in [6.45, 7) is 0. The van der Waals surface area contributed by atoms with Gasteiger partial charge in [0.15, 0.2) is 0 Å². The number of rotatable bonds is 8. The van der Waals surface area contributed by atoms with Crippen molar-refractivity contribution in [3.05, 3.63) is 0 Å². The van der Waals surface area contributed by atoms with Gasteiger partial charge >= 0.3 is 48.2 Å². The van der Waals surface area contributed by atoms with Crippen LogP contribution in [0.4, 0.5) is 61.5 Å². The van der Waals surface area contributed by atoms with Crippen LogP contribution >= 0.6 is 22.6 Å². The number of halogens is 15. The molecule has 19 heteroatoms.